The van der Waals surface area contributed by atoms with E-state index in [0.29, 0.717) is 0 Å². The van der Waals surface area contributed by atoms with Crippen LogP contribution in [0.4, 0.5) is 0 Å². The molecule has 0 saturated heterocycles. The monoisotopic (exact) mass is 260 g/mol. The lowest BCUT2D eigenvalue weighted by Crippen LogP contribution is -1.86. The first kappa shape index (κ1) is 8.92. The van der Waals surface area contributed by atoms with Gasteiger partial charge < -0.3 is 0 Å². The Morgan fingerprint density at radius 1 is 1.20 bits per heavy atom. The summed E-state index contributed by atoms with van der Waals surface area (Å²) >= 11 is 3.39. The summed E-state index contributed by atoms with van der Waals surface area (Å²) in [6.07, 6.45) is 1.99. The Kier molecular flexibility index (Phi) is 1.83. The van der Waals surface area contributed by atoms with Crippen LogP contribution in [-0.2, 0) is 0 Å². The SMILES string of the molecule is Cc1ccc2c(ccc3nc(Br)cn32)c1. The largest absolute Gasteiger partial charge is 0.298 e. The number of aromatic nitrogens is 2. The van der Waals surface area contributed by atoms with Crippen molar-refractivity contribution >= 4 is 32.5 Å². The first-order valence-electron chi connectivity index (χ1n) is 4.78. The van der Waals surface area contributed by atoms with Crippen LogP contribution in [0.15, 0.2) is 41.1 Å². The molecule has 0 aliphatic rings. The molecule has 0 amide bonds. The first-order chi connectivity index (χ1) is 7.24. The van der Waals surface area contributed by atoms with Crippen LogP contribution < -0.4 is 0 Å². The highest BCUT2D eigenvalue weighted by Gasteiger charge is 2.02. The summed E-state index contributed by atoms with van der Waals surface area (Å²) in [4.78, 5) is 4.37. The highest BCUT2D eigenvalue weighted by molar-refractivity contribution is 9.10. The van der Waals surface area contributed by atoms with Crippen molar-refractivity contribution < 1.29 is 0 Å². The number of pyridine rings is 1. The third-order valence-corrected chi connectivity index (χ3v) is 2.94. The minimum absolute atomic E-state index is 0.871. The van der Waals surface area contributed by atoms with Gasteiger partial charge in [-0.3, -0.25) is 4.40 Å². The summed E-state index contributed by atoms with van der Waals surface area (Å²) in [5.74, 6) is 0. The molecule has 0 fully saturated rings. The van der Waals surface area contributed by atoms with Crippen molar-refractivity contribution in [3.63, 3.8) is 0 Å². The third kappa shape index (κ3) is 1.35. The second-order valence-electron chi connectivity index (χ2n) is 3.69. The summed E-state index contributed by atoms with van der Waals surface area (Å²) in [6.45, 7) is 2.10. The molecule has 0 aliphatic heterocycles. The molecule has 2 heterocycles. The van der Waals surface area contributed by atoms with E-state index in [-0.39, 0.29) is 0 Å². The number of halogens is 1. The molecule has 1 aromatic carbocycles. The molecule has 15 heavy (non-hydrogen) atoms. The van der Waals surface area contributed by atoms with Crippen LogP contribution in [0.1, 0.15) is 5.56 Å². The molecule has 2 aromatic heterocycles. The Labute approximate surface area is 95.7 Å². The Morgan fingerprint density at radius 2 is 2.07 bits per heavy atom. The van der Waals surface area contributed by atoms with E-state index in [2.05, 4.69) is 56.5 Å². The molecule has 0 spiro atoms. The van der Waals surface area contributed by atoms with Crippen molar-refractivity contribution in [1.82, 2.24) is 9.38 Å². The lowest BCUT2D eigenvalue weighted by molar-refractivity contribution is 1.25. The van der Waals surface area contributed by atoms with Crippen molar-refractivity contribution in [3.8, 4) is 0 Å². The van der Waals surface area contributed by atoms with Gasteiger partial charge in [-0.15, -0.1) is 0 Å². The molecular formula is C12H9BrN2. The van der Waals surface area contributed by atoms with E-state index >= 15 is 0 Å². The Hall–Kier alpha value is -1.35. The highest BCUT2D eigenvalue weighted by atomic mass is 79.9. The van der Waals surface area contributed by atoms with Crippen LogP contribution in [-0.4, -0.2) is 9.38 Å². The molecule has 2 nitrogen and oxygen atoms in total. The molecule has 0 radical (unpaired) electrons. The summed E-state index contributed by atoms with van der Waals surface area (Å²) in [5.41, 5.74) is 3.44. The van der Waals surface area contributed by atoms with Crippen LogP contribution in [0, 0.1) is 6.92 Å². The minimum atomic E-state index is 0.871. The molecule has 3 heteroatoms. The second kappa shape index (κ2) is 3.07. The van der Waals surface area contributed by atoms with Gasteiger partial charge in [-0.1, -0.05) is 11.6 Å². The lowest BCUT2D eigenvalue weighted by atomic mass is 10.1. The highest BCUT2D eigenvalue weighted by Crippen LogP contribution is 2.20. The van der Waals surface area contributed by atoms with Crippen LogP contribution in [0.25, 0.3) is 16.6 Å². The van der Waals surface area contributed by atoms with E-state index in [4.69, 9.17) is 0 Å². The molecule has 0 aliphatic carbocycles. The zero-order valence-electron chi connectivity index (χ0n) is 8.24. The minimum Gasteiger partial charge on any atom is -0.298 e. The standard InChI is InChI=1S/C12H9BrN2/c1-8-2-4-10-9(6-8)3-5-12-14-11(13)7-15(10)12/h2-7H,1H3. The number of hydrogen-bond acceptors (Lipinski definition) is 1. The van der Waals surface area contributed by atoms with E-state index in [0.717, 1.165) is 10.3 Å². The van der Waals surface area contributed by atoms with Gasteiger partial charge in [-0.25, -0.2) is 4.98 Å². The van der Waals surface area contributed by atoms with E-state index < -0.39 is 0 Å². The average molecular weight is 261 g/mol. The maximum absolute atomic E-state index is 4.37. The van der Waals surface area contributed by atoms with Crippen molar-refractivity contribution in [2.75, 3.05) is 0 Å². The number of nitrogens with zero attached hydrogens (tertiary/aromatic N) is 2. The Bertz CT molecular complexity index is 655. The summed E-state index contributed by atoms with van der Waals surface area (Å²) < 4.78 is 2.97. The number of aryl methyl sites for hydroxylation is 1. The maximum Gasteiger partial charge on any atom is 0.138 e. The van der Waals surface area contributed by atoms with Gasteiger partial charge >= 0.3 is 0 Å². The number of benzene rings is 1. The molecule has 74 valence electrons. The zero-order chi connectivity index (χ0) is 10.4. The van der Waals surface area contributed by atoms with Gasteiger partial charge in [-0.2, -0.15) is 0 Å². The average Bonchev–Trinajstić information content (AvgIpc) is 2.58. The molecule has 3 rings (SSSR count). The quantitative estimate of drug-likeness (QED) is 0.604. The van der Waals surface area contributed by atoms with Gasteiger partial charge in [0.25, 0.3) is 0 Å². The van der Waals surface area contributed by atoms with Gasteiger partial charge in [0.1, 0.15) is 10.3 Å². The number of rotatable bonds is 0. The number of imidazole rings is 1. The van der Waals surface area contributed by atoms with E-state index in [1.165, 1.54) is 16.5 Å². The fourth-order valence-corrected chi connectivity index (χ4v) is 2.25. The Balaban J connectivity index is 2.53. The van der Waals surface area contributed by atoms with E-state index in [1.54, 1.807) is 0 Å². The predicted molar refractivity (Wildman–Crippen MR) is 65.1 cm³/mol. The summed E-state index contributed by atoms with van der Waals surface area (Å²) in [7, 11) is 0. The molecular weight excluding hydrogens is 252 g/mol. The van der Waals surface area contributed by atoms with Gasteiger partial charge in [0, 0.05) is 6.20 Å². The summed E-state index contributed by atoms with van der Waals surface area (Å²) in [5, 5.41) is 1.24. The van der Waals surface area contributed by atoms with Crippen LogP contribution in [0.5, 0.6) is 0 Å². The van der Waals surface area contributed by atoms with Crippen LogP contribution >= 0.6 is 15.9 Å². The van der Waals surface area contributed by atoms with Crippen molar-refractivity contribution in [2.24, 2.45) is 0 Å². The number of fused-ring (bicyclic) bond motifs is 3. The van der Waals surface area contributed by atoms with E-state index in [1.807, 2.05) is 12.3 Å². The molecule has 0 saturated carbocycles. The maximum atomic E-state index is 4.37. The smallest absolute Gasteiger partial charge is 0.138 e. The summed E-state index contributed by atoms with van der Waals surface area (Å²) in [6, 6.07) is 10.6. The van der Waals surface area contributed by atoms with Gasteiger partial charge in [0.05, 0.1) is 5.52 Å². The van der Waals surface area contributed by atoms with Gasteiger partial charge in [0.2, 0.25) is 0 Å². The van der Waals surface area contributed by atoms with Crippen molar-refractivity contribution in [3.05, 3.63) is 46.7 Å². The van der Waals surface area contributed by atoms with E-state index in [9.17, 15) is 0 Å². The molecule has 3 aromatic rings. The first-order valence-corrected chi connectivity index (χ1v) is 5.57. The zero-order valence-corrected chi connectivity index (χ0v) is 9.82. The molecule has 0 N–H and O–H groups in total. The molecule has 0 atom stereocenters. The molecule has 0 unspecified atom stereocenters. The Morgan fingerprint density at radius 3 is 2.93 bits per heavy atom. The van der Waals surface area contributed by atoms with Crippen molar-refractivity contribution in [2.45, 2.75) is 6.92 Å². The topological polar surface area (TPSA) is 17.3 Å². The second-order valence-corrected chi connectivity index (χ2v) is 4.50. The fraction of sp³-hybridized carbons (Fsp3) is 0.0833. The lowest BCUT2D eigenvalue weighted by Gasteiger charge is -2.02. The fourth-order valence-electron chi connectivity index (χ4n) is 1.87. The van der Waals surface area contributed by atoms with Crippen LogP contribution in [0.3, 0.4) is 0 Å². The van der Waals surface area contributed by atoms with Crippen LogP contribution in [0.2, 0.25) is 0 Å². The van der Waals surface area contributed by atoms with Crippen molar-refractivity contribution in [1.29, 1.82) is 0 Å². The third-order valence-electron chi connectivity index (χ3n) is 2.56. The normalized spacial score (nSPS) is 11.3. The van der Waals surface area contributed by atoms with Gasteiger partial charge in [0.15, 0.2) is 0 Å². The predicted octanol–water partition coefficient (Wildman–Crippen LogP) is 3.56. The molecule has 0 bridgehead atoms. The van der Waals surface area contributed by atoms with Gasteiger partial charge in [-0.05, 0) is 52.5 Å². The number of hydrogen-bond donors (Lipinski definition) is 0.